The highest BCUT2D eigenvalue weighted by atomic mass is 35.5. The molecule has 1 fully saturated rings. The molecule has 1 aromatic heterocycles. The number of halogens is 1. The Morgan fingerprint density at radius 3 is 2.48 bits per heavy atom. The molecule has 1 atom stereocenters. The molecule has 1 aliphatic rings. The monoisotopic (exact) mass is 621 g/mol. The molecule has 1 amide bonds. The van der Waals surface area contributed by atoms with E-state index in [1.807, 2.05) is 44.2 Å². The average Bonchev–Trinajstić information content (AvgIpc) is 3.58. The van der Waals surface area contributed by atoms with Crippen molar-refractivity contribution < 1.29 is 24.2 Å². The van der Waals surface area contributed by atoms with E-state index in [1.54, 1.807) is 42.5 Å². The Morgan fingerprint density at radius 1 is 1.00 bits per heavy atom. The minimum Gasteiger partial charge on any atom is -0.507 e. The van der Waals surface area contributed by atoms with Gasteiger partial charge in [0.2, 0.25) is 5.13 Å². The van der Waals surface area contributed by atoms with Gasteiger partial charge >= 0.3 is 5.91 Å². The third kappa shape index (κ3) is 6.46. The fourth-order valence-corrected chi connectivity index (χ4v) is 6.40. The predicted octanol–water partition coefficient (Wildman–Crippen LogP) is 7.30. The maximum atomic E-state index is 13.6. The summed E-state index contributed by atoms with van der Waals surface area (Å²) >= 11 is 8.67. The second-order valence-electron chi connectivity index (χ2n) is 9.31. The minimum absolute atomic E-state index is 0.0395. The SMILES string of the molecule is CCCOc1cccc(C2/C(=C(\O)c3ccc(OCC)cc3)C(=O)C(=O)N2c2nnc(SCc3ccc(Cl)cc3)s2)c1. The number of hydrogen-bond acceptors (Lipinski definition) is 9. The first-order valence-corrected chi connectivity index (χ1v) is 15.5. The lowest BCUT2D eigenvalue weighted by Crippen LogP contribution is -2.29. The quantitative estimate of drug-likeness (QED) is 0.0612. The van der Waals surface area contributed by atoms with Crippen LogP contribution in [0.1, 0.15) is 43.0 Å². The normalized spacial score (nSPS) is 16.2. The Kier molecular flexibility index (Phi) is 9.46. The summed E-state index contributed by atoms with van der Waals surface area (Å²) < 4.78 is 12.0. The van der Waals surface area contributed by atoms with Gasteiger partial charge < -0.3 is 14.6 Å². The number of aromatic nitrogens is 2. The van der Waals surface area contributed by atoms with Gasteiger partial charge in [-0.2, -0.15) is 0 Å². The van der Waals surface area contributed by atoms with Crippen molar-refractivity contribution in [2.75, 3.05) is 18.1 Å². The third-order valence-electron chi connectivity index (χ3n) is 6.41. The number of Topliss-reactive ketones (excluding diaryl/α,β-unsaturated/α-hetero) is 1. The molecule has 42 heavy (non-hydrogen) atoms. The van der Waals surface area contributed by atoms with Crippen LogP contribution in [0.15, 0.2) is 82.7 Å². The lowest BCUT2D eigenvalue weighted by Gasteiger charge is -2.23. The van der Waals surface area contributed by atoms with Crippen molar-refractivity contribution in [3.8, 4) is 11.5 Å². The summed E-state index contributed by atoms with van der Waals surface area (Å²) in [5.74, 6) is -0.0372. The fraction of sp³-hybridized carbons (Fsp3) is 0.226. The van der Waals surface area contributed by atoms with Gasteiger partial charge in [0, 0.05) is 16.3 Å². The highest BCUT2D eigenvalue weighted by molar-refractivity contribution is 8.00. The number of rotatable bonds is 11. The lowest BCUT2D eigenvalue weighted by atomic mass is 9.95. The molecule has 5 rings (SSSR count). The van der Waals surface area contributed by atoms with E-state index >= 15 is 0 Å². The van der Waals surface area contributed by atoms with Crippen molar-refractivity contribution >= 4 is 57.3 Å². The summed E-state index contributed by atoms with van der Waals surface area (Å²) in [6.07, 6.45) is 0.821. The average molecular weight is 622 g/mol. The van der Waals surface area contributed by atoms with Crippen LogP contribution in [-0.4, -0.2) is 40.2 Å². The first-order chi connectivity index (χ1) is 20.4. The van der Waals surface area contributed by atoms with Crippen LogP contribution in [0.5, 0.6) is 11.5 Å². The molecular formula is C31H28ClN3O5S2. The first kappa shape index (κ1) is 29.6. The third-order valence-corrected chi connectivity index (χ3v) is 8.79. The number of thioether (sulfide) groups is 1. The number of nitrogens with zero attached hydrogens (tertiary/aromatic N) is 3. The summed E-state index contributed by atoms with van der Waals surface area (Å²) in [6.45, 7) is 4.89. The van der Waals surface area contributed by atoms with Crippen LogP contribution in [-0.2, 0) is 15.3 Å². The largest absolute Gasteiger partial charge is 0.507 e. The molecule has 0 saturated carbocycles. The smallest absolute Gasteiger partial charge is 0.301 e. The number of aliphatic hydroxyl groups is 1. The van der Waals surface area contributed by atoms with Crippen LogP contribution < -0.4 is 14.4 Å². The van der Waals surface area contributed by atoms with Crippen molar-refractivity contribution in [2.24, 2.45) is 0 Å². The Bertz CT molecular complexity index is 1610. The highest BCUT2D eigenvalue weighted by Gasteiger charge is 2.48. The van der Waals surface area contributed by atoms with Gasteiger partial charge in [-0.3, -0.25) is 14.5 Å². The molecule has 4 aromatic rings. The zero-order chi connectivity index (χ0) is 29.6. The number of amides is 1. The maximum absolute atomic E-state index is 13.6. The Morgan fingerprint density at radius 2 is 1.76 bits per heavy atom. The molecule has 0 radical (unpaired) electrons. The van der Waals surface area contributed by atoms with E-state index in [0.29, 0.717) is 51.0 Å². The van der Waals surface area contributed by atoms with Crippen LogP contribution >= 0.6 is 34.7 Å². The zero-order valence-electron chi connectivity index (χ0n) is 23.0. The topological polar surface area (TPSA) is 102 Å². The van der Waals surface area contributed by atoms with Crippen LogP contribution in [0, 0.1) is 0 Å². The Hall–Kier alpha value is -3.86. The maximum Gasteiger partial charge on any atom is 0.301 e. The van der Waals surface area contributed by atoms with E-state index in [0.717, 1.165) is 12.0 Å². The standard InChI is InChI=1S/C31H28ClN3O5S2/c1-3-16-40-24-7-5-6-21(17-24)26-25(27(36)20-10-14-23(15-11-20)39-4-2)28(37)29(38)35(26)30-33-34-31(42-30)41-18-19-8-12-22(32)13-9-19/h5-15,17,26,36H,3-4,16,18H2,1-2H3/b27-25+. The summed E-state index contributed by atoms with van der Waals surface area (Å²) in [6, 6.07) is 20.5. The second kappa shape index (κ2) is 13.4. The van der Waals surface area contributed by atoms with E-state index in [2.05, 4.69) is 10.2 Å². The number of carbonyl (C=O) groups is 2. The molecule has 11 heteroatoms. The lowest BCUT2D eigenvalue weighted by molar-refractivity contribution is -0.132. The molecule has 1 N–H and O–H groups in total. The second-order valence-corrected chi connectivity index (χ2v) is 11.9. The predicted molar refractivity (Wildman–Crippen MR) is 166 cm³/mol. The minimum atomic E-state index is -0.941. The molecule has 8 nitrogen and oxygen atoms in total. The Balaban J connectivity index is 1.53. The van der Waals surface area contributed by atoms with Crippen LogP contribution in [0.3, 0.4) is 0 Å². The number of benzene rings is 3. The summed E-state index contributed by atoms with van der Waals surface area (Å²) in [4.78, 5) is 28.4. The van der Waals surface area contributed by atoms with Crippen LogP contribution in [0.2, 0.25) is 5.02 Å². The summed E-state index contributed by atoms with van der Waals surface area (Å²) in [5, 5.41) is 20.9. The van der Waals surface area contributed by atoms with Gasteiger partial charge in [-0.15, -0.1) is 10.2 Å². The van der Waals surface area contributed by atoms with Gasteiger partial charge in [0.25, 0.3) is 5.78 Å². The van der Waals surface area contributed by atoms with E-state index in [4.69, 9.17) is 21.1 Å². The Labute approximate surface area is 257 Å². The first-order valence-electron chi connectivity index (χ1n) is 13.4. The van der Waals surface area contributed by atoms with Crippen molar-refractivity contribution in [2.45, 2.75) is 36.4 Å². The number of ether oxygens (including phenoxy) is 2. The molecular weight excluding hydrogens is 594 g/mol. The van der Waals surface area contributed by atoms with Gasteiger partial charge in [0.05, 0.1) is 24.8 Å². The van der Waals surface area contributed by atoms with Crippen LogP contribution in [0.25, 0.3) is 5.76 Å². The fourth-order valence-electron chi connectivity index (χ4n) is 4.45. The zero-order valence-corrected chi connectivity index (χ0v) is 25.3. The van der Waals surface area contributed by atoms with Gasteiger partial charge in [0.15, 0.2) is 4.34 Å². The van der Waals surface area contributed by atoms with Crippen molar-refractivity contribution in [1.82, 2.24) is 10.2 Å². The number of carbonyl (C=O) groups excluding carboxylic acids is 2. The van der Waals surface area contributed by atoms with Gasteiger partial charge in [-0.05, 0) is 73.0 Å². The number of anilines is 1. The van der Waals surface area contributed by atoms with Crippen molar-refractivity contribution in [3.05, 3.63) is 100 Å². The molecule has 0 aliphatic carbocycles. The molecule has 1 saturated heterocycles. The molecule has 1 unspecified atom stereocenters. The molecule has 0 spiro atoms. The number of aliphatic hydroxyl groups excluding tert-OH is 1. The number of ketones is 1. The van der Waals surface area contributed by atoms with Gasteiger partial charge in [0.1, 0.15) is 17.3 Å². The highest BCUT2D eigenvalue weighted by Crippen LogP contribution is 2.44. The molecule has 1 aliphatic heterocycles. The van der Waals surface area contributed by atoms with E-state index < -0.39 is 17.7 Å². The molecule has 2 heterocycles. The van der Waals surface area contributed by atoms with Gasteiger partial charge in [-0.25, -0.2) is 0 Å². The van der Waals surface area contributed by atoms with E-state index in [9.17, 15) is 14.7 Å². The van der Waals surface area contributed by atoms with Gasteiger partial charge in [-0.1, -0.05) is 65.9 Å². The number of hydrogen-bond donors (Lipinski definition) is 1. The van der Waals surface area contributed by atoms with Crippen LogP contribution in [0.4, 0.5) is 5.13 Å². The van der Waals surface area contributed by atoms with Crippen molar-refractivity contribution in [3.63, 3.8) is 0 Å². The van der Waals surface area contributed by atoms with E-state index in [-0.39, 0.29) is 16.5 Å². The molecule has 3 aromatic carbocycles. The van der Waals surface area contributed by atoms with Crippen molar-refractivity contribution in [1.29, 1.82) is 0 Å². The molecule has 216 valence electrons. The molecule has 0 bridgehead atoms. The summed E-state index contributed by atoms with van der Waals surface area (Å²) in [5.41, 5.74) is 2.00. The van der Waals surface area contributed by atoms with E-state index in [1.165, 1.54) is 28.0 Å². The summed E-state index contributed by atoms with van der Waals surface area (Å²) in [7, 11) is 0.